The van der Waals surface area contributed by atoms with Crippen LogP contribution in [-0.4, -0.2) is 36.7 Å². The zero-order chi connectivity index (χ0) is 15.7. The van der Waals surface area contributed by atoms with Crippen molar-refractivity contribution in [2.24, 2.45) is 5.73 Å². The van der Waals surface area contributed by atoms with Crippen molar-refractivity contribution in [3.8, 4) is 0 Å². The van der Waals surface area contributed by atoms with Crippen molar-refractivity contribution in [2.45, 2.75) is 31.6 Å². The molecule has 1 atom stereocenters. The molecule has 1 aliphatic rings. The lowest BCUT2D eigenvalue weighted by Gasteiger charge is -2.47. The number of nitrogens with two attached hydrogens (primary N) is 1. The average molecular weight is 302 g/mol. The lowest BCUT2D eigenvalue weighted by Crippen LogP contribution is -2.55. The summed E-state index contributed by atoms with van der Waals surface area (Å²) in [6.45, 7) is 5.62. The number of ether oxygens (including phenoxy) is 1. The van der Waals surface area contributed by atoms with Gasteiger partial charge in [-0.05, 0) is 25.5 Å². The summed E-state index contributed by atoms with van der Waals surface area (Å²) in [6, 6.07) is 5.20. The van der Waals surface area contributed by atoms with Gasteiger partial charge in [0.1, 0.15) is 0 Å². The van der Waals surface area contributed by atoms with Crippen LogP contribution in [0.1, 0.15) is 31.0 Å². The minimum absolute atomic E-state index is 0.135. The van der Waals surface area contributed by atoms with Gasteiger partial charge in [0, 0.05) is 24.7 Å². The van der Waals surface area contributed by atoms with E-state index in [9.17, 15) is 13.2 Å². The molecule has 6 heteroatoms. The van der Waals surface area contributed by atoms with E-state index in [1.165, 1.54) is 12.1 Å². The molecule has 21 heavy (non-hydrogen) atoms. The van der Waals surface area contributed by atoms with Gasteiger partial charge >= 0.3 is 6.18 Å². The summed E-state index contributed by atoms with van der Waals surface area (Å²) in [7, 11) is 0. The first kappa shape index (κ1) is 16.3. The monoisotopic (exact) mass is 302 g/mol. The normalized spacial score (nSPS) is 21.2. The Labute approximate surface area is 122 Å². The summed E-state index contributed by atoms with van der Waals surface area (Å²) in [6.07, 6.45) is -4.37. The summed E-state index contributed by atoms with van der Waals surface area (Å²) in [5, 5.41) is 0. The predicted octanol–water partition coefficient (Wildman–Crippen LogP) is 2.82. The van der Waals surface area contributed by atoms with Crippen LogP contribution < -0.4 is 5.73 Å². The number of halogens is 3. The fraction of sp³-hybridized carbons (Fsp3) is 0.600. The van der Waals surface area contributed by atoms with Gasteiger partial charge in [-0.2, -0.15) is 13.2 Å². The quantitative estimate of drug-likeness (QED) is 0.933. The molecular formula is C15H21F3N2O. The first-order valence-corrected chi connectivity index (χ1v) is 6.98. The first-order valence-electron chi connectivity index (χ1n) is 6.98. The molecule has 1 saturated heterocycles. The van der Waals surface area contributed by atoms with Gasteiger partial charge in [-0.3, -0.25) is 4.90 Å². The van der Waals surface area contributed by atoms with Crippen LogP contribution >= 0.6 is 0 Å². The molecule has 3 nitrogen and oxygen atoms in total. The highest BCUT2D eigenvalue weighted by Crippen LogP contribution is 2.38. The summed E-state index contributed by atoms with van der Waals surface area (Å²) in [5.41, 5.74) is 5.10. The maximum Gasteiger partial charge on any atom is 0.416 e. The number of hydrogen-bond acceptors (Lipinski definition) is 3. The van der Waals surface area contributed by atoms with Gasteiger partial charge < -0.3 is 10.5 Å². The number of nitrogens with zero attached hydrogens (tertiary/aromatic N) is 1. The van der Waals surface area contributed by atoms with Crippen molar-refractivity contribution in [1.29, 1.82) is 0 Å². The molecule has 1 unspecified atom stereocenters. The molecule has 0 amide bonds. The van der Waals surface area contributed by atoms with Crippen molar-refractivity contribution in [1.82, 2.24) is 4.90 Å². The summed E-state index contributed by atoms with van der Waals surface area (Å²) < 4.78 is 45.1. The molecule has 1 fully saturated rings. The molecule has 1 heterocycles. The van der Waals surface area contributed by atoms with Crippen LogP contribution in [0.15, 0.2) is 24.3 Å². The average Bonchev–Trinajstić information content (AvgIpc) is 2.40. The van der Waals surface area contributed by atoms with Gasteiger partial charge in [-0.25, -0.2) is 0 Å². The zero-order valence-electron chi connectivity index (χ0n) is 12.3. The topological polar surface area (TPSA) is 38.5 Å². The standard InChI is InChI=1S/C15H21F3N2O/c1-14(2)10-21-8-7-20(14)13(9-19)11-5-3-4-6-12(11)15(16,17)18/h3-6,13H,7-10,19H2,1-2H3. The maximum atomic E-state index is 13.2. The molecule has 1 aromatic rings. The van der Waals surface area contributed by atoms with Crippen LogP contribution in [0.4, 0.5) is 13.2 Å². The molecule has 118 valence electrons. The van der Waals surface area contributed by atoms with E-state index < -0.39 is 17.8 Å². The van der Waals surface area contributed by atoms with Crippen molar-refractivity contribution in [2.75, 3.05) is 26.3 Å². The van der Waals surface area contributed by atoms with E-state index in [1.54, 1.807) is 6.07 Å². The van der Waals surface area contributed by atoms with Crippen molar-refractivity contribution >= 4 is 0 Å². The predicted molar refractivity (Wildman–Crippen MR) is 74.8 cm³/mol. The lowest BCUT2D eigenvalue weighted by molar-refractivity contribution is -0.139. The Bertz CT molecular complexity index is 488. The largest absolute Gasteiger partial charge is 0.416 e. The minimum Gasteiger partial charge on any atom is -0.378 e. The van der Waals surface area contributed by atoms with Crippen LogP contribution in [0.5, 0.6) is 0 Å². The second-order valence-electron chi connectivity index (χ2n) is 5.89. The van der Waals surface area contributed by atoms with E-state index >= 15 is 0 Å². The van der Waals surface area contributed by atoms with Crippen LogP contribution in [0.2, 0.25) is 0 Å². The highest BCUT2D eigenvalue weighted by Gasteiger charge is 2.40. The second-order valence-corrected chi connectivity index (χ2v) is 5.89. The van der Waals surface area contributed by atoms with Crippen molar-refractivity contribution in [3.05, 3.63) is 35.4 Å². The molecule has 1 aromatic carbocycles. The first-order chi connectivity index (χ1) is 9.77. The SMILES string of the molecule is CC1(C)COCCN1C(CN)c1ccccc1C(F)(F)F. The van der Waals surface area contributed by atoms with Gasteiger partial charge in [-0.15, -0.1) is 0 Å². The summed E-state index contributed by atoms with van der Waals surface area (Å²) in [4.78, 5) is 2.01. The Morgan fingerprint density at radius 3 is 2.57 bits per heavy atom. The Hall–Kier alpha value is -1.11. The third-order valence-electron chi connectivity index (χ3n) is 3.93. The van der Waals surface area contributed by atoms with E-state index in [2.05, 4.69) is 0 Å². The Kier molecular flexibility index (Phi) is 4.60. The minimum atomic E-state index is -4.37. The molecule has 1 aliphatic heterocycles. The number of alkyl halides is 3. The third kappa shape index (κ3) is 3.39. The smallest absolute Gasteiger partial charge is 0.378 e. The fourth-order valence-corrected chi connectivity index (χ4v) is 2.92. The Balaban J connectivity index is 2.42. The van der Waals surface area contributed by atoms with Crippen LogP contribution in [0, 0.1) is 0 Å². The van der Waals surface area contributed by atoms with Crippen LogP contribution in [-0.2, 0) is 10.9 Å². The zero-order valence-corrected chi connectivity index (χ0v) is 12.3. The molecule has 0 radical (unpaired) electrons. The molecule has 2 rings (SSSR count). The van der Waals surface area contributed by atoms with Gasteiger partial charge in [0.2, 0.25) is 0 Å². The second kappa shape index (κ2) is 5.94. The van der Waals surface area contributed by atoms with E-state index in [0.717, 1.165) is 6.07 Å². The van der Waals surface area contributed by atoms with E-state index in [1.807, 2.05) is 18.7 Å². The van der Waals surface area contributed by atoms with E-state index in [-0.39, 0.29) is 17.6 Å². The summed E-state index contributed by atoms with van der Waals surface area (Å²) >= 11 is 0. The molecule has 0 spiro atoms. The fourth-order valence-electron chi connectivity index (χ4n) is 2.92. The maximum absolute atomic E-state index is 13.2. The molecule has 0 saturated carbocycles. The molecule has 0 aliphatic carbocycles. The Morgan fingerprint density at radius 2 is 2.00 bits per heavy atom. The summed E-state index contributed by atoms with van der Waals surface area (Å²) in [5.74, 6) is 0. The number of rotatable bonds is 3. The highest BCUT2D eigenvalue weighted by atomic mass is 19.4. The van der Waals surface area contributed by atoms with Gasteiger partial charge in [-0.1, -0.05) is 18.2 Å². The van der Waals surface area contributed by atoms with Gasteiger partial charge in [0.05, 0.1) is 18.8 Å². The third-order valence-corrected chi connectivity index (χ3v) is 3.93. The number of hydrogen-bond donors (Lipinski definition) is 1. The molecule has 0 bridgehead atoms. The van der Waals surface area contributed by atoms with E-state index in [4.69, 9.17) is 10.5 Å². The molecule has 0 aromatic heterocycles. The molecular weight excluding hydrogens is 281 g/mol. The van der Waals surface area contributed by atoms with Gasteiger partial charge in [0.25, 0.3) is 0 Å². The van der Waals surface area contributed by atoms with Crippen molar-refractivity contribution in [3.63, 3.8) is 0 Å². The highest BCUT2D eigenvalue weighted by molar-refractivity contribution is 5.33. The van der Waals surface area contributed by atoms with Crippen LogP contribution in [0.3, 0.4) is 0 Å². The van der Waals surface area contributed by atoms with Gasteiger partial charge in [0.15, 0.2) is 0 Å². The number of morpholine rings is 1. The van der Waals surface area contributed by atoms with E-state index in [0.29, 0.717) is 19.8 Å². The molecule has 2 N–H and O–H groups in total. The number of benzene rings is 1. The Morgan fingerprint density at radius 1 is 1.33 bits per heavy atom. The van der Waals surface area contributed by atoms with Crippen LogP contribution in [0.25, 0.3) is 0 Å². The lowest BCUT2D eigenvalue weighted by atomic mass is 9.93. The van der Waals surface area contributed by atoms with Crippen molar-refractivity contribution < 1.29 is 17.9 Å².